The topological polar surface area (TPSA) is 75.0 Å². The third kappa shape index (κ3) is 3.35. The first kappa shape index (κ1) is 19.6. The maximum Gasteiger partial charge on any atom is 0.277 e. The van der Waals surface area contributed by atoms with E-state index in [1.165, 1.54) is 17.3 Å². The van der Waals surface area contributed by atoms with Crippen LogP contribution in [0.5, 0.6) is 0 Å². The zero-order valence-corrected chi connectivity index (χ0v) is 18.4. The van der Waals surface area contributed by atoms with Crippen molar-refractivity contribution in [3.05, 3.63) is 72.1 Å². The van der Waals surface area contributed by atoms with Gasteiger partial charge in [0.05, 0.1) is 11.3 Å². The number of hydrogen-bond acceptors (Lipinski definition) is 6. The number of thioether (sulfide) groups is 1. The lowest BCUT2D eigenvalue weighted by molar-refractivity contribution is -0.112. The molecule has 0 aliphatic carbocycles. The molecule has 2 aromatic heterocycles. The molecule has 2 aromatic carbocycles. The highest BCUT2D eigenvalue weighted by Crippen LogP contribution is 2.46. The fourth-order valence-corrected chi connectivity index (χ4v) is 4.80. The molecule has 0 bridgehead atoms. The third-order valence-corrected chi connectivity index (χ3v) is 6.64. The van der Waals surface area contributed by atoms with Gasteiger partial charge in [-0.1, -0.05) is 62.0 Å². The molecule has 31 heavy (non-hydrogen) atoms. The van der Waals surface area contributed by atoms with Gasteiger partial charge in [-0.25, -0.2) is 0 Å². The third-order valence-electron chi connectivity index (χ3n) is 5.80. The van der Waals surface area contributed by atoms with Crippen LogP contribution in [0.2, 0.25) is 0 Å². The quantitative estimate of drug-likeness (QED) is 0.347. The number of nitrogens with one attached hydrogen (secondary N) is 1. The normalized spacial score (nSPS) is 16.2. The molecular formula is C24H22N4O2S. The fraction of sp³-hybridized carbons (Fsp3) is 0.208. The monoisotopic (exact) mass is 430 g/mol. The molecule has 1 aliphatic heterocycles. The van der Waals surface area contributed by atoms with Crippen LogP contribution < -0.4 is 4.90 Å². The largest absolute Gasteiger partial charge is 0.411 e. The number of allylic oxidation sites excluding steroid dienone is 2. The highest BCUT2D eigenvalue weighted by Gasteiger charge is 2.38. The number of ketones is 1. The Labute approximate surface area is 184 Å². The van der Waals surface area contributed by atoms with E-state index < -0.39 is 0 Å². The van der Waals surface area contributed by atoms with E-state index in [0.29, 0.717) is 11.1 Å². The summed E-state index contributed by atoms with van der Waals surface area (Å²) in [7, 11) is 2.01. The van der Waals surface area contributed by atoms with E-state index in [4.69, 9.17) is 4.42 Å². The van der Waals surface area contributed by atoms with E-state index in [-0.39, 0.29) is 17.0 Å². The van der Waals surface area contributed by atoms with Gasteiger partial charge in [0.1, 0.15) is 0 Å². The van der Waals surface area contributed by atoms with E-state index >= 15 is 0 Å². The number of likely N-dealkylation sites (N-methyl/N-ethyl adjacent to an activating group) is 1. The maximum atomic E-state index is 12.7. The van der Waals surface area contributed by atoms with Crippen LogP contribution in [-0.4, -0.2) is 33.8 Å². The zero-order valence-electron chi connectivity index (χ0n) is 17.5. The van der Waals surface area contributed by atoms with Crippen LogP contribution in [0.3, 0.4) is 0 Å². The molecule has 0 saturated heterocycles. The fourth-order valence-electron chi connectivity index (χ4n) is 4.21. The van der Waals surface area contributed by atoms with Crippen LogP contribution in [0.15, 0.2) is 76.1 Å². The minimum atomic E-state index is -0.224. The van der Waals surface area contributed by atoms with E-state index in [1.807, 2.05) is 49.6 Å². The lowest BCUT2D eigenvalue weighted by Gasteiger charge is -2.23. The van der Waals surface area contributed by atoms with Gasteiger partial charge >= 0.3 is 0 Å². The smallest absolute Gasteiger partial charge is 0.277 e. The second-order valence-electron chi connectivity index (χ2n) is 8.11. The molecule has 0 fully saturated rings. The van der Waals surface area contributed by atoms with Gasteiger partial charge in [-0.3, -0.25) is 4.79 Å². The number of fused-ring (bicyclic) bond motifs is 2. The lowest BCUT2D eigenvalue weighted by Crippen LogP contribution is -2.24. The Morgan fingerprint density at radius 2 is 1.94 bits per heavy atom. The van der Waals surface area contributed by atoms with Gasteiger partial charge in [0.25, 0.3) is 11.1 Å². The van der Waals surface area contributed by atoms with Crippen molar-refractivity contribution in [1.29, 1.82) is 0 Å². The highest BCUT2D eigenvalue weighted by molar-refractivity contribution is 7.99. The molecule has 6 nitrogen and oxygen atoms in total. The van der Waals surface area contributed by atoms with Gasteiger partial charge in [-0.2, -0.15) is 0 Å². The number of rotatable bonds is 5. The molecule has 0 spiro atoms. The van der Waals surface area contributed by atoms with Gasteiger partial charge < -0.3 is 14.3 Å². The molecule has 5 rings (SSSR count). The Balaban J connectivity index is 1.31. The number of H-pyrrole nitrogens is 1. The van der Waals surface area contributed by atoms with Gasteiger partial charge in [-0.15, -0.1) is 10.2 Å². The number of aromatic amines is 1. The summed E-state index contributed by atoms with van der Waals surface area (Å²) in [4.78, 5) is 18.0. The average molecular weight is 431 g/mol. The number of nitrogens with zero attached hydrogens (tertiary/aromatic N) is 3. The van der Waals surface area contributed by atoms with Crippen LogP contribution in [-0.2, 0) is 10.2 Å². The summed E-state index contributed by atoms with van der Waals surface area (Å²) in [6, 6.07) is 16.2. The number of carbonyl (C=O) groups excluding carboxylic acids is 1. The van der Waals surface area contributed by atoms with E-state index in [0.717, 1.165) is 27.9 Å². The Hall–Kier alpha value is -3.32. The summed E-state index contributed by atoms with van der Waals surface area (Å²) < 4.78 is 5.81. The summed E-state index contributed by atoms with van der Waals surface area (Å²) in [5.74, 6) is 0.691. The predicted molar refractivity (Wildman–Crippen MR) is 123 cm³/mol. The van der Waals surface area contributed by atoms with Crippen molar-refractivity contribution in [2.24, 2.45) is 0 Å². The van der Waals surface area contributed by atoms with Crippen molar-refractivity contribution in [3.8, 4) is 11.5 Å². The Morgan fingerprint density at radius 1 is 1.16 bits per heavy atom. The number of para-hydroxylation sites is 2. The molecule has 0 radical (unpaired) electrons. The maximum absolute atomic E-state index is 12.7. The molecule has 1 aliphatic rings. The predicted octanol–water partition coefficient (Wildman–Crippen LogP) is 5.19. The van der Waals surface area contributed by atoms with Crippen molar-refractivity contribution in [3.63, 3.8) is 0 Å². The summed E-state index contributed by atoms with van der Waals surface area (Å²) in [5.41, 5.74) is 5.00. The first-order valence-electron chi connectivity index (χ1n) is 10.1. The van der Waals surface area contributed by atoms with Crippen LogP contribution in [0.1, 0.15) is 19.4 Å². The minimum absolute atomic E-state index is 0.0135. The van der Waals surface area contributed by atoms with Gasteiger partial charge in [0.2, 0.25) is 0 Å². The van der Waals surface area contributed by atoms with Gasteiger partial charge in [0, 0.05) is 47.0 Å². The number of benzene rings is 2. The lowest BCUT2D eigenvalue weighted by atomic mass is 9.83. The van der Waals surface area contributed by atoms with Crippen molar-refractivity contribution >= 4 is 34.1 Å². The number of anilines is 1. The summed E-state index contributed by atoms with van der Waals surface area (Å²) >= 11 is 1.26. The molecule has 4 aromatic rings. The molecule has 7 heteroatoms. The van der Waals surface area contributed by atoms with E-state index in [9.17, 15) is 4.79 Å². The molecule has 3 heterocycles. The number of carbonyl (C=O) groups is 1. The Kier molecular flexibility index (Phi) is 4.70. The molecule has 0 saturated carbocycles. The molecule has 0 atom stereocenters. The van der Waals surface area contributed by atoms with Crippen LogP contribution >= 0.6 is 11.8 Å². The molecular weight excluding hydrogens is 408 g/mol. The first-order chi connectivity index (χ1) is 14.9. The second-order valence-corrected chi connectivity index (χ2v) is 9.03. The van der Waals surface area contributed by atoms with Crippen molar-refractivity contribution < 1.29 is 9.21 Å². The minimum Gasteiger partial charge on any atom is -0.411 e. The van der Waals surface area contributed by atoms with Crippen LogP contribution in [0, 0.1) is 0 Å². The van der Waals surface area contributed by atoms with E-state index in [2.05, 4.69) is 46.1 Å². The molecule has 0 amide bonds. The van der Waals surface area contributed by atoms with Gasteiger partial charge in [-0.05, 0) is 17.7 Å². The Bertz CT molecular complexity index is 1320. The highest BCUT2D eigenvalue weighted by atomic mass is 32.2. The van der Waals surface area contributed by atoms with Crippen LogP contribution in [0.4, 0.5) is 5.69 Å². The van der Waals surface area contributed by atoms with Crippen molar-refractivity contribution in [2.45, 2.75) is 24.5 Å². The number of aromatic nitrogens is 3. The van der Waals surface area contributed by atoms with Crippen LogP contribution in [0.25, 0.3) is 22.4 Å². The second kappa shape index (κ2) is 7.42. The number of hydrogen-bond donors (Lipinski definition) is 1. The molecule has 0 unspecified atom stereocenters. The summed E-state index contributed by atoms with van der Waals surface area (Å²) in [6.45, 7) is 4.29. The Morgan fingerprint density at radius 3 is 2.77 bits per heavy atom. The SMILES string of the molecule is CN1C(=CC(=O)CSc2nnc(-c3c[nH]c4ccccc34)o2)C(C)(C)c2ccccc21. The van der Waals surface area contributed by atoms with Crippen molar-refractivity contribution in [2.75, 3.05) is 17.7 Å². The molecule has 156 valence electrons. The molecule has 1 N–H and O–H groups in total. The van der Waals surface area contributed by atoms with Gasteiger partial charge in [0.15, 0.2) is 5.78 Å². The first-order valence-corrected chi connectivity index (χ1v) is 11.0. The average Bonchev–Trinajstić information content (AvgIpc) is 3.45. The summed E-state index contributed by atoms with van der Waals surface area (Å²) in [5, 5.41) is 9.67. The van der Waals surface area contributed by atoms with E-state index in [1.54, 1.807) is 6.08 Å². The zero-order chi connectivity index (χ0) is 21.6. The standard InChI is InChI=1S/C24H22N4O2S/c1-24(2)18-9-5-7-11-20(18)28(3)21(24)12-15(29)14-31-23-27-26-22(30-23)17-13-25-19-10-6-4-8-16(17)19/h4-13,25H,14H2,1-3H3. The summed E-state index contributed by atoms with van der Waals surface area (Å²) in [6.07, 6.45) is 3.60. The van der Waals surface area contributed by atoms with Crippen molar-refractivity contribution in [1.82, 2.24) is 15.2 Å².